The van der Waals surface area contributed by atoms with Crippen LogP contribution >= 0.6 is 0 Å². The van der Waals surface area contributed by atoms with E-state index in [1.165, 1.54) is 0 Å². The molecule has 0 saturated heterocycles. The van der Waals surface area contributed by atoms with Crippen molar-refractivity contribution < 1.29 is 0 Å². The zero-order chi connectivity index (χ0) is 23.1. The number of hydrogen-bond donors (Lipinski definition) is 0. The largest absolute Gasteiger partial charge is 0.192 e. The standard InChI is InChI=1S/C32H18N2/c33-19-25(20-34)30(31-26-13-5-1-9-21(26)17-22-10-2-6-14-27(22)31)32-28-15-7-3-11-23(28)18-24-12-4-8-16-29(24)32/h1-18H. The van der Waals surface area contributed by atoms with Gasteiger partial charge >= 0.3 is 0 Å². The maximum atomic E-state index is 10.2. The molecule has 0 aromatic heterocycles. The molecule has 6 aromatic rings. The normalized spacial score (nSPS) is 10.9. The molecule has 0 spiro atoms. The van der Waals surface area contributed by atoms with E-state index in [0.717, 1.165) is 54.2 Å². The molecule has 0 fully saturated rings. The number of allylic oxidation sites excluding steroid dienone is 1. The van der Waals surface area contributed by atoms with E-state index in [2.05, 4.69) is 72.8 Å². The second-order valence-corrected chi connectivity index (χ2v) is 8.36. The highest BCUT2D eigenvalue weighted by Gasteiger charge is 2.22. The van der Waals surface area contributed by atoms with E-state index in [4.69, 9.17) is 0 Å². The Morgan fingerprint density at radius 1 is 0.441 bits per heavy atom. The predicted molar refractivity (Wildman–Crippen MR) is 140 cm³/mol. The van der Waals surface area contributed by atoms with E-state index in [1.807, 2.05) is 48.5 Å². The molecular formula is C32H18N2. The van der Waals surface area contributed by atoms with E-state index in [-0.39, 0.29) is 5.57 Å². The number of rotatable bonds is 2. The van der Waals surface area contributed by atoms with Crippen molar-refractivity contribution in [2.45, 2.75) is 0 Å². The van der Waals surface area contributed by atoms with Crippen LogP contribution in [0.2, 0.25) is 0 Å². The smallest absolute Gasteiger partial charge is 0.138 e. The Labute approximate surface area is 197 Å². The molecule has 0 radical (unpaired) electrons. The summed E-state index contributed by atoms with van der Waals surface area (Å²) in [5.41, 5.74) is 2.65. The van der Waals surface area contributed by atoms with Gasteiger partial charge in [-0.25, -0.2) is 0 Å². The third kappa shape index (κ3) is 2.95. The maximum absolute atomic E-state index is 10.2. The lowest BCUT2D eigenvalue weighted by atomic mass is 9.82. The van der Waals surface area contributed by atoms with Gasteiger partial charge in [0.1, 0.15) is 17.7 Å². The van der Waals surface area contributed by atoms with Crippen LogP contribution in [0.4, 0.5) is 0 Å². The zero-order valence-corrected chi connectivity index (χ0v) is 18.3. The number of nitrogens with zero attached hydrogens (tertiary/aromatic N) is 2. The van der Waals surface area contributed by atoms with Gasteiger partial charge in [0.15, 0.2) is 0 Å². The number of hydrogen-bond acceptors (Lipinski definition) is 2. The Hall–Kier alpha value is -4.92. The molecule has 2 nitrogen and oxygen atoms in total. The summed E-state index contributed by atoms with van der Waals surface area (Å²) in [6, 6.07) is 41.6. The maximum Gasteiger partial charge on any atom is 0.138 e. The highest BCUT2D eigenvalue weighted by Crippen LogP contribution is 2.43. The van der Waals surface area contributed by atoms with Gasteiger partial charge < -0.3 is 0 Å². The van der Waals surface area contributed by atoms with Crippen LogP contribution in [-0.4, -0.2) is 0 Å². The Bertz CT molecular complexity index is 1630. The Balaban J connectivity index is 1.92. The average molecular weight is 431 g/mol. The molecule has 6 rings (SSSR count). The van der Waals surface area contributed by atoms with Crippen molar-refractivity contribution in [2.24, 2.45) is 0 Å². The van der Waals surface area contributed by atoms with Crippen LogP contribution in [0.5, 0.6) is 0 Å². The molecule has 0 aliphatic rings. The van der Waals surface area contributed by atoms with Gasteiger partial charge in [0.2, 0.25) is 0 Å². The average Bonchev–Trinajstić information content (AvgIpc) is 2.89. The van der Waals surface area contributed by atoms with Crippen molar-refractivity contribution in [3.05, 3.63) is 126 Å². The van der Waals surface area contributed by atoms with Crippen LogP contribution in [0.1, 0.15) is 11.1 Å². The van der Waals surface area contributed by atoms with E-state index >= 15 is 0 Å². The van der Waals surface area contributed by atoms with Crippen molar-refractivity contribution >= 4 is 48.7 Å². The first-order valence-electron chi connectivity index (χ1n) is 11.2. The summed E-state index contributed by atoms with van der Waals surface area (Å²) in [5.74, 6) is 0. The summed E-state index contributed by atoms with van der Waals surface area (Å²) in [6.45, 7) is 0. The molecule has 0 bridgehead atoms. The molecule has 156 valence electrons. The van der Waals surface area contributed by atoms with Crippen molar-refractivity contribution in [2.75, 3.05) is 0 Å². The summed E-state index contributed by atoms with van der Waals surface area (Å²) in [4.78, 5) is 0. The molecular weight excluding hydrogens is 412 g/mol. The molecule has 0 heterocycles. The number of fused-ring (bicyclic) bond motifs is 4. The van der Waals surface area contributed by atoms with Crippen LogP contribution in [0.15, 0.2) is 115 Å². The molecule has 34 heavy (non-hydrogen) atoms. The van der Waals surface area contributed by atoms with Gasteiger partial charge in [-0.3, -0.25) is 0 Å². The third-order valence-corrected chi connectivity index (χ3v) is 6.52. The molecule has 0 amide bonds. The first-order valence-corrected chi connectivity index (χ1v) is 11.2. The van der Waals surface area contributed by atoms with Crippen molar-refractivity contribution in [3.63, 3.8) is 0 Å². The second-order valence-electron chi connectivity index (χ2n) is 8.36. The van der Waals surface area contributed by atoms with Crippen LogP contribution in [0.25, 0.3) is 48.7 Å². The first-order chi connectivity index (χ1) is 16.8. The van der Waals surface area contributed by atoms with Crippen LogP contribution in [0, 0.1) is 22.7 Å². The van der Waals surface area contributed by atoms with Crippen molar-refractivity contribution in [1.82, 2.24) is 0 Å². The summed E-state index contributed by atoms with van der Waals surface area (Å²) in [7, 11) is 0. The van der Waals surface area contributed by atoms with Gasteiger partial charge in [0.25, 0.3) is 0 Å². The molecule has 6 aromatic carbocycles. The van der Waals surface area contributed by atoms with E-state index < -0.39 is 0 Å². The monoisotopic (exact) mass is 430 g/mol. The number of benzene rings is 6. The van der Waals surface area contributed by atoms with Crippen molar-refractivity contribution in [3.8, 4) is 12.1 Å². The van der Waals surface area contributed by atoms with E-state index in [1.54, 1.807) is 0 Å². The van der Waals surface area contributed by atoms with Crippen LogP contribution in [-0.2, 0) is 0 Å². The lowest BCUT2D eigenvalue weighted by Gasteiger charge is -2.19. The van der Waals surface area contributed by atoms with Gasteiger partial charge in [-0.2, -0.15) is 10.5 Å². The molecule has 2 heteroatoms. The van der Waals surface area contributed by atoms with Gasteiger partial charge in [0, 0.05) is 16.7 Å². The zero-order valence-electron chi connectivity index (χ0n) is 18.3. The number of nitriles is 2. The topological polar surface area (TPSA) is 47.6 Å². The highest BCUT2D eigenvalue weighted by atomic mass is 14.3. The lowest BCUT2D eigenvalue weighted by Crippen LogP contribution is -1.98. The highest BCUT2D eigenvalue weighted by molar-refractivity contribution is 6.19. The molecule has 0 aliphatic carbocycles. The molecule has 0 saturated carbocycles. The minimum Gasteiger partial charge on any atom is -0.192 e. The lowest BCUT2D eigenvalue weighted by molar-refractivity contribution is 1.46. The predicted octanol–water partition coefficient (Wildman–Crippen LogP) is 8.15. The molecule has 0 aliphatic heterocycles. The minimum atomic E-state index is 0.114. The summed E-state index contributed by atoms with van der Waals surface area (Å²) < 4.78 is 0. The van der Waals surface area contributed by atoms with Gasteiger partial charge in [-0.15, -0.1) is 0 Å². The first kappa shape index (κ1) is 19.7. The molecule has 0 N–H and O–H groups in total. The summed E-state index contributed by atoms with van der Waals surface area (Å²) >= 11 is 0. The quantitative estimate of drug-likeness (QED) is 0.205. The molecule has 0 unspecified atom stereocenters. The second kappa shape index (κ2) is 7.89. The molecule has 0 atom stereocenters. The van der Waals surface area contributed by atoms with Crippen molar-refractivity contribution in [1.29, 1.82) is 10.5 Å². The summed E-state index contributed by atoms with van der Waals surface area (Å²) in [6.07, 6.45) is 0. The minimum absolute atomic E-state index is 0.114. The third-order valence-electron chi connectivity index (χ3n) is 6.52. The fourth-order valence-corrected chi connectivity index (χ4v) is 5.08. The fraction of sp³-hybridized carbons (Fsp3) is 0. The van der Waals surface area contributed by atoms with Crippen LogP contribution in [0.3, 0.4) is 0 Å². The Kier molecular flexibility index (Phi) is 4.58. The van der Waals surface area contributed by atoms with E-state index in [0.29, 0.717) is 5.57 Å². The van der Waals surface area contributed by atoms with Gasteiger partial charge in [0.05, 0.1) is 0 Å². The van der Waals surface area contributed by atoms with Gasteiger partial charge in [-0.05, 0) is 55.2 Å². The SMILES string of the molecule is N#CC(C#N)=C(c1c2ccccc2cc2ccccc12)c1c2ccccc2cc2ccccc12. The Morgan fingerprint density at radius 2 is 0.735 bits per heavy atom. The Morgan fingerprint density at radius 3 is 1.03 bits per heavy atom. The van der Waals surface area contributed by atoms with Gasteiger partial charge in [-0.1, -0.05) is 97.1 Å². The van der Waals surface area contributed by atoms with E-state index in [9.17, 15) is 10.5 Å². The fourth-order valence-electron chi connectivity index (χ4n) is 5.08. The summed E-state index contributed by atoms with van der Waals surface area (Å²) in [5, 5.41) is 28.8. The van der Waals surface area contributed by atoms with Crippen LogP contribution < -0.4 is 0 Å².